The molecule has 2 bridgehead atoms. The summed E-state index contributed by atoms with van der Waals surface area (Å²) in [6.45, 7) is 5.96. The van der Waals surface area contributed by atoms with E-state index in [0.717, 1.165) is 23.5 Å². The second-order valence-electron chi connectivity index (χ2n) is 5.74. The highest BCUT2D eigenvalue weighted by atomic mass is 32.1. The molecule has 1 aromatic rings. The Hall–Kier alpha value is -1.53. The Kier molecular flexibility index (Phi) is 4.14. The van der Waals surface area contributed by atoms with Crippen molar-refractivity contribution in [3.8, 4) is 11.5 Å². The summed E-state index contributed by atoms with van der Waals surface area (Å²) in [6.07, 6.45) is 0.833. The number of para-hydroxylation sites is 1. The molecule has 0 aliphatic carbocycles. The van der Waals surface area contributed by atoms with Gasteiger partial charge in [-0.15, -0.1) is 0 Å². The normalized spacial score (nSPS) is 26.0. The van der Waals surface area contributed by atoms with Crippen LogP contribution >= 0.6 is 12.2 Å². The second kappa shape index (κ2) is 5.93. The first-order valence-corrected chi connectivity index (χ1v) is 8.01. The molecule has 0 saturated carbocycles. The summed E-state index contributed by atoms with van der Waals surface area (Å²) >= 11 is 5.53. The Bertz CT molecular complexity index is 581. The number of benzene rings is 1. The van der Waals surface area contributed by atoms with E-state index in [0.29, 0.717) is 24.9 Å². The van der Waals surface area contributed by atoms with Gasteiger partial charge in [-0.2, -0.15) is 0 Å². The molecule has 0 aromatic heterocycles. The summed E-state index contributed by atoms with van der Waals surface area (Å²) in [5, 5.41) is 4.14. The molecule has 0 spiro atoms. The van der Waals surface area contributed by atoms with Crippen molar-refractivity contribution in [2.75, 3.05) is 26.9 Å². The van der Waals surface area contributed by atoms with Gasteiger partial charge in [-0.3, -0.25) is 0 Å². The molecule has 1 aromatic carbocycles. The molecule has 22 heavy (non-hydrogen) atoms. The van der Waals surface area contributed by atoms with Crippen LogP contribution in [0, 0.1) is 0 Å². The number of hydrogen-bond acceptors (Lipinski definition) is 4. The van der Waals surface area contributed by atoms with Gasteiger partial charge in [-0.1, -0.05) is 12.1 Å². The fourth-order valence-electron chi connectivity index (χ4n) is 3.19. The topological polar surface area (TPSA) is 43.0 Å². The molecule has 0 unspecified atom stereocenters. The second-order valence-corrected chi connectivity index (χ2v) is 6.12. The summed E-state index contributed by atoms with van der Waals surface area (Å²) in [5.41, 5.74) is 0.628. The number of thiocarbonyl (C=S) groups is 1. The number of fused-ring (bicyclic) bond motifs is 4. The number of nitrogens with one attached hydrogen (secondary N) is 1. The van der Waals surface area contributed by atoms with Gasteiger partial charge in [0.05, 0.1) is 19.3 Å². The van der Waals surface area contributed by atoms with E-state index >= 15 is 0 Å². The lowest BCUT2D eigenvalue weighted by Crippen LogP contribution is -2.65. The third kappa shape index (κ3) is 2.50. The molecule has 3 rings (SSSR count). The van der Waals surface area contributed by atoms with Crippen molar-refractivity contribution in [3.05, 3.63) is 23.8 Å². The van der Waals surface area contributed by atoms with Gasteiger partial charge >= 0.3 is 0 Å². The minimum atomic E-state index is -0.480. The van der Waals surface area contributed by atoms with Crippen LogP contribution in [0.4, 0.5) is 0 Å². The van der Waals surface area contributed by atoms with Crippen LogP contribution in [0.15, 0.2) is 18.2 Å². The minimum Gasteiger partial charge on any atom is -0.490 e. The number of methoxy groups -OCH3 is 1. The van der Waals surface area contributed by atoms with E-state index < -0.39 is 5.72 Å². The summed E-state index contributed by atoms with van der Waals surface area (Å²) in [4.78, 5) is 2.06. The van der Waals surface area contributed by atoms with Crippen molar-refractivity contribution in [2.24, 2.45) is 0 Å². The Labute approximate surface area is 136 Å². The van der Waals surface area contributed by atoms with E-state index in [2.05, 4.69) is 23.2 Å². The maximum absolute atomic E-state index is 6.37. The first kappa shape index (κ1) is 15.4. The van der Waals surface area contributed by atoms with Gasteiger partial charge in [0.15, 0.2) is 22.3 Å². The zero-order valence-electron chi connectivity index (χ0n) is 13.2. The maximum atomic E-state index is 6.37. The molecular formula is C16H22N2O3S. The molecule has 120 valence electrons. The van der Waals surface area contributed by atoms with Gasteiger partial charge in [0.25, 0.3) is 0 Å². The molecule has 1 fully saturated rings. The van der Waals surface area contributed by atoms with E-state index in [-0.39, 0.29) is 6.04 Å². The van der Waals surface area contributed by atoms with Crippen LogP contribution in [0.3, 0.4) is 0 Å². The van der Waals surface area contributed by atoms with Crippen molar-refractivity contribution in [3.63, 3.8) is 0 Å². The quantitative estimate of drug-likeness (QED) is 0.840. The molecule has 1 saturated heterocycles. The standard InChI is InChI=1S/C16H22N2O3S/c1-4-20-13-7-5-6-11-12-10-16(2,21-14(11)13)18(8-9-19-3)15(22)17-12/h5-7,12H,4,8-10H2,1-3H3,(H,17,22)/t12-,16-/m1/s1. The van der Waals surface area contributed by atoms with Crippen molar-refractivity contribution < 1.29 is 14.2 Å². The average Bonchev–Trinajstić information content (AvgIpc) is 2.48. The summed E-state index contributed by atoms with van der Waals surface area (Å²) in [6, 6.07) is 6.17. The van der Waals surface area contributed by atoms with E-state index in [1.54, 1.807) is 7.11 Å². The van der Waals surface area contributed by atoms with E-state index in [1.807, 2.05) is 19.1 Å². The van der Waals surface area contributed by atoms with Crippen molar-refractivity contribution in [1.29, 1.82) is 0 Å². The van der Waals surface area contributed by atoms with Gasteiger partial charge in [-0.05, 0) is 32.1 Å². The zero-order chi connectivity index (χ0) is 15.7. The smallest absolute Gasteiger partial charge is 0.184 e. The fourth-order valence-corrected chi connectivity index (χ4v) is 3.62. The van der Waals surface area contributed by atoms with E-state index in [4.69, 9.17) is 26.4 Å². The van der Waals surface area contributed by atoms with Gasteiger partial charge in [0.1, 0.15) is 0 Å². The fraction of sp³-hybridized carbons (Fsp3) is 0.562. The van der Waals surface area contributed by atoms with Crippen LogP contribution in [-0.4, -0.2) is 42.6 Å². The largest absolute Gasteiger partial charge is 0.490 e. The van der Waals surface area contributed by atoms with E-state index in [1.165, 1.54) is 0 Å². The monoisotopic (exact) mass is 322 g/mol. The van der Waals surface area contributed by atoms with E-state index in [9.17, 15) is 0 Å². The third-order valence-corrected chi connectivity index (χ3v) is 4.56. The maximum Gasteiger partial charge on any atom is 0.184 e. The summed E-state index contributed by atoms with van der Waals surface area (Å²) in [7, 11) is 1.69. The van der Waals surface area contributed by atoms with Crippen LogP contribution in [0.25, 0.3) is 0 Å². The van der Waals surface area contributed by atoms with Crippen molar-refractivity contribution in [2.45, 2.75) is 32.0 Å². The van der Waals surface area contributed by atoms with Crippen LogP contribution in [0.1, 0.15) is 31.9 Å². The molecule has 2 atom stereocenters. The third-order valence-electron chi connectivity index (χ3n) is 4.22. The Balaban J connectivity index is 1.97. The van der Waals surface area contributed by atoms with Crippen LogP contribution in [0.5, 0.6) is 11.5 Å². The zero-order valence-corrected chi connectivity index (χ0v) is 14.0. The summed E-state index contributed by atoms with van der Waals surface area (Å²) in [5.74, 6) is 1.61. The minimum absolute atomic E-state index is 0.153. The van der Waals surface area contributed by atoms with Crippen LogP contribution < -0.4 is 14.8 Å². The van der Waals surface area contributed by atoms with Gasteiger partial charge < -0.3 is 24.4 Å². The SMILES string of the molecule is CCOc1cccc2c1O[C@]1(C)C[C@H]2NC(=S)N1CCOC. The number of hydrogen-bond donors (Lipinski definition) is 1. The predicted molar refractivity (Wildman–Crippen MR) is 88.3 cm³/mol. The van der Waals surface area contributed by atoms with Crippen LogP contribution in [0.2, 0.25) is 0 Å². The first-order valence-electron chi connectivity index (χ1n) is 7.61. The Morgan fingerprint density at radius 2 is 2.32 bits per heavy atom. The predicted octanol–water partition coefficient (Wildman–Crippen LogP) is 2.46. The first-order chi connectivity index (χ1) is 10.6. The van der Waals surface area contributed by atoms with Crippen LogP contribution in [-0.2, 0) is 4.74 Å². The number of ether oxygens (including phenoxy) is 3. The number of rotatable bonds is 5. The molecule has 0 radical (unpaired) electrons. The van der Waals surface area contributed by atoms with Crippen molar-refractivity contribution in [1.82, 2.24) is 10.2 Å². The summed E-state index contributed by atoms with van der Waals surface area (Å²) < 4.78 is 17.3. The molecule has 2 heterocycles. The number of nitrogens with zero attached hydrogens (tertiary/aromatic N) is 1. The highest BCUT2D eigenvalue weighted by molar-refractivity contribution is 7.80. The molecule has 0 amide bonds. The van der Waals surface area contributed by atoms with Crippen molar-refractivity contribution >= 4 is 17.3 Å². The molecule has 6 heteroatoms. The lowest BCUT2D eigenvalue weighted by Gasteiger charge is -2.52. The average molecular weight is 322 g/mol. The highest BCUT2D eigenvalue weighted by Crippen LogP contribution is 2.47. The lowest BCUT2D eigenvalue weighted by molar-refractivity contribution is -0.0755. The molecule has 2 aliphatic heterocycles. The molecule has 2 aliphatic rings. The Morgan fingerprint density at radius 1 is 1.50 bits per heavy atom. The van der Waals surface area contributed by atoms with Gasteiger partial charge in [0.2, 0.25) is 0 Å². The highest BCUT2D eigenvalue weighted by Gasteiger charge is 2.48. The lowest BCUT2D eigenvalue weighted by atomic mass is 9.90. The Morgan fingerprint density at radius 3 is 3.05 bits per heavy atom. The van der Waals surface area contributed by atoms with Gasteiger partial charge in [0, 0.05) is 25.6 Å². The molecule has 1 N–H and O–H groups in total. The molecular weight excluding hydrogens is 300 g/mol. The molecule has 5 nitrogen and oxygen atoms in total. The van der Waals surface area contributed by atoms with Gasteiger partial charge in [-0.25, -0.2) is 0 Å².